The third kappa shape index (κ3) is 7.76. The van der Waals surface area contributed by atoms with Gasteiger partial charge in [-0.2, -0.15) is 5.10 Å². The Kier molecular flexibility index (Phi) is 9.08. The Morgan fingerprint density at radius 2 is 1.88 bits per heavy atom. The number of aromatic nitrogens is 2. The van der Waals surface area contributed by atoms with Crippen molar-refractivity contribution in [2.75, 3.05) is 26.1 Å². The summed E-state index contributed by atoms with van der Waals surface area (Å²) < 4.78 is 17.7. The third-order valence-corrected chi connectivity index (χ3v) is 6.48. The zero-order chi connectivity index (χ0) is 23.6. The number of ether oxygens (including phenoxy) is 3. The van der Waals surface area contributed by atoms with E-state index in [-0.39, 0.29) is 11.7 Å². The minimum atomic E-state index is -0.222. The van der Waals surface area contributed by atoms with Crippen LogP contribution >= 0.6 is 23.1 Å². The fourth-order valence-corrected chi connectivity index (χ4v) is 4.28. The van der Waals surface area contributed by atoms with Gasteiger partial charge in [0.2, 0.25) is 0 Å². The summed E-state index contributed by atoms with van der Waals surface area (Å²) in [6.45, 7) is 6.78. The van der Waals surface area contributed by atoms with E-state index in [1.165, 1.54) is 34.2 Å². The van der Waals surface area contributed by atoms with Crippen molar-refractivity contribution in [3.8, 4) is 17.2 Å². The summed E-state index contributed by atoms with van der Waals surface area (Å²) in [6.07, 6.45) is 1.55. The molecule has 0 bridgehead atoms. The molecule has 3 aromatic rings. The van der Waals surface area contributed by atoms with Crippen LogP contribution < -0.4 is 19.6 Å². The first-order chi connectivity index (χ1) is 15.9. The van der Waals surface area contributed by atoms with Crippen molar-refractivity contribution in [2.24, 2.45) is 5.10 Å². The number of rotatable bonds is 11. The Morgan fingerprint density at radius 3 is 2.61 bits per heavy atom. The molecule has 0 aliphatic heterocycles. The van der Waals surface area contributed by atoms with Crippen molar-refractivity contribution in [3.63, 3.8) is 0 Å². The largest absolute Gasteiger partial charge is 0.493 e. The monoisotopic (exact) mass is 486 g/mol. The zero-order valence-electron chi connectivity index (χ0n) is 19.0. The highest BCUT2D eigenvalue weighted by atomic mass is 32.2. The summed E-state index contributed by atoms with van der Waals surface area (Å²) >= 11 is 2.78. The van der Waals surface area contributed by atoms with Gasteiger partial charge in [0.1, 0.15) is 24.0 Å². The average molecular weight is 487 g/mol. The van der Waals surface area contributed by atoms with E-state index >= 15 is 0 Å². The quantitative estimate of drug-likeness (QED) is 0.188. The molecule has 0 radical (unpaired) electrons. The van der Waals surface area contributed by atoms with Gasteiger partial charge < -0.3 is 14.2 Å². The van der Waals surface area contributed by atoms with Gasteiger partial charge in [-0.05, 0) is 67.8 Å². The van der Waals surface area contributed by atoms with Crippen molar-refractivity contribution < 1.29 is 19.0 Å². The maximum Gasteiger partial charge on any atom is 0.250 e. The lowest BCUT2D eigenvalue weighted by Crippen LogP contribution is -2.19. The van der Waals surface area contributed by atoms with Gasteiger partial charge in [0.15, 0.2) is 15.8 Å². The first-order valence-corrected chi connectivity index (χ1v) is 12.0. The van der Waals surface area contributed by atoms with E-state index in [0.717, 1.165) is 20.7 Å². The molecule has 0 saturated heterocycles. The molecule has 0 saturated carbocycles. The van der Waals surface area contributed by atoms with Crippen LogP contribution in [-0.4, -0.2) is 48.4 Å². The van der Waals surface area contributed by atoms with Crippen LogP contribution in [0.5, 0.6) is 17.2 Å². The highest BCUT2D eigenvalue weighted by molar-refractivity contribution is 8.01. The molecule has 0 atom stereocenters. The van der Waals surface area contributed by atoms with Crippen LogP contribution in [0.2, 0.25) is 0 Å². The van der Waals surface area contributed by atoms with Crippen molar-refractivity contribution in [3.05, 3.63) is 58.1 Å². The Labute approximate surface area is 201 Å². The van der Waals surface area contributed by atoms with Gasteiger partial charge in [-0.25, -0.2) is 5.43 Å². The molecule has 1 N–H and O–H groups in total. The highest BCUT2D eigenvalue weighted by Gasteiger charge is 2.07. The molecule has 0 fully saturated rings. The number of hydrogen-bond donors (Lipinski definition) is 1. The smallest absolute Gasteiger partial charge is 0.250 e. The van der Waals surface area contributed by atoms with Crippen LogP contribution in [-0.2, 0) is 4.79 Å². The second kappa shape index (κ2) is 12.2. The van der Waals surface area contributed by atoms with E-state index < -0.39 is 0 Å². The molecule has 0 aliphatic rings. The van der Waals surface area contributed by atoms with Crippen LogP contribution in [0.15, 0.2) is 45.8 Å². The van der Waals surface area contributed by atoms with E-state index in [0.29, 0.717) is 24.7 Å². The number of amides is 1. The van der Waals surface area contributed by atoms with Gasteiger partial charge in [0, 0.05) is 0 Å². The first kappa shape index (κ1) is 24.5. The van der Waals surface area contributed by atoms with Crippen molar-refractivity contribution in [2.45, 2.75) is 25.1 Å². The molecule has 2 aromatic carbocycles. The molecule has 10 heteroatoms. The van der Waals surface area contributed by atoms with Crippen LogP contribution in [0.4, 0.5) is 0 Å². The van der Waals surface area contributed by atoms with Gasteiger partial charge in [-0.1, -0.05) is 29.2 Å². The van der Waals surface area contributed by atoms with E-state index in [2.05, 4.69) is 34.6 Å². The number of carbonyl (C=O) groups excluding carboxylic acids is 1. The van der Waals surface area contributed by atoms with Crippen LogP contribution in [0, 0.1) is 20.8 Å². The van der Waals surface area contributed by atoms with Crippen LogP contribution in [0.1, 0.15) is 21.7 Å². The molecule has 3 rings (SSSR count). The maximum absolute atomic E-state index is 11.9. The van der Waals surface area contributed by atoms with Gasteiger partial charge >= 0.3 is 0 Å². The number of nitrogens with zero attached hydrogens (tertiary/aromatic N) is 3. The highest BCUT2D eigenvalue weighted by Crippen LogP contribution is 2.27. The fourth-order valence-electron chi connectivity index (χ4n) is 2.67. The second-order valence-corrected chi connectivity index (χ2v) is 9.43. The van der Waals surface area contributed by atoms with Crippen molar-refractivity contribution in [1.29, 1.82) is 0 Å². The summed E-state index contributed by atoms with van der Waals surface area (Å²) in [5.74, 6) is 1.98. The molecule has 8 nitrogen and oxygen atoms in total. The third-order valence-electron chi connectivity index (χ3n) is 4.51. The Hall–Kier alpha value is -3.11. The Bertz CT molecular complexity index is 1120. The topological polar surface area (TPSA) is 94.9 Å². The molecule has 0 unspecified atom stereocenters. The summed E-state index contributed by atoms with van der Waals surface area (Å²) in [5, 5.41) is 12.8. The summed E-state index contributed by atoms with van der Waals surface area (Å²) in [7, 11) is 1.57. The zero-order valence-corrected chi connectivity index (χ0v) is 20.6. The number of aryl methyl sites for hydroxylation is 3. The molecule has 1 heterocycles. The number of nitrogens with one attached hydrogen (secondary N) is 1. The minimum absolute atomic E-state index is 0.215. The summed E-state index contributed by atoms with van der Waals surface area (Å²) in [6, 6.07) is 11.4. The molecular formula is C23H26N4O4S2. The van der Waals surface area contributed by atoms with Crippen LogP contribution in [0.25, 0.3) is 0 Å². The molecule has 33 heavy (non-hydrogen) atoms. The van der Waals surface area contributed by atoms with E-state index in [1.807, 2.05) is 31.2 Å². The van der Waals surface area contributed by atoms with Crippen molar-refractivity contribution >= 4 is 35.2 Å². The number of benzene rings is 2. The first-order valence-electron chi connectivity index (χ1n) is 10.2. The number of hydrogen-bond acceptors (Lipinski definition) is 9. The van der Waals surface area contributed by atoms with E-state index in [1.54, 1.807) is 25.5 Å². The predicted molar refractivity (Wildman–Crippen MR) is 131 cm³/mol. The standard InChI is InChI=1S/C23H26N4O4S2/c1-15-5-7-19(11-16(15)2)30-9-10-31-20-8-6-18(12-21(20)29-4)13-24-26-22(28)14-32-23-27-25-17(3)33-23/h5-8,11-13H,9-10,14H2,1-4H3,(H,26,28)/b24-13-. The maximum atomic E-state index is 11.9. The lowest BCUT2D eigenvalue weighted by Gasteiger charge is -2.12. The van der Waals surface area contributed by atoms with Crippen LogP contribution in [0.3, 0.4) is 0 Å². The van der Waals surface area contributed by atoms with E-state index in [9.17, 15) is 4.79 Å². The van der Waals surface area contributed by atoms with Gasteiger partial charge in [-0.15, -0.1) is 10.2 Å². The van der Waals surface area contributed by atoms with Gasteiger partial charge in [0.25, 0.3) is 5.91 Å². The number of methoxy groups -OCH3 is 1. The lowest BCUT2D eigenvalue weighted by molar-refractivity contribution is -0.118. The Balaban J connectivity index is 1.45. The second-order valence-electron chi connectivity index (χ2n) is 7.02. The predicted octanol–water partition coefficient (Wildman–Crippen LogP) is 4.17. The number of thioether (sulfide) groups is 1. The molecule has 0 spiro atoms. The summed E-state index contributed by atoms with van der Waals surface area (Å²) in [5.41, 5.74) is 5.68. The molecule has 0 aliphatic carbocycles. The van der Waals surface area contributed by atoms with Gasteiger partial charge in [-0.3, -0.25) is 4.79 Å². The molecular weight excluding hydrogens is 460 g/mol. The van der Waals surface area contributed by atoms with Gasteiger partial charge in [0.05, 0.1) is 19.1 Å². The molecule has 1 amide bonds. The molecule has 1 aromatic heterocycles. The fraction of sp³-hybridized carbons (Fsp3) is 0.304. The Morgan fingerprint density at radius 1 is 1.06 bits per heavy atom. The number of hydrazone groups is 1. The van der Waals surface area contributed by atoms with Crippen molar-refractivity contribution in [1.82, 2.24) is 15.6 Å². The number of carbonyl (C=O) groups is 1. The van der Waals surface area contributed by atoms with E-state index in [4.69, 9.17) is 14.2 Å². The normalized spacial score (nSPS) is 10.9. The minimum Gasteiger partial charge on any atom is -0.493 e. The summed E-state index contributed by atoms with van der Waals surface area (Å²) in [4.78, 5) is 11.9. The SMILES string of the molecule is COc1cc(/C=N\NC(=O)CSc2nnc(C)s2)ccc1OCCOc1ccc(C)c(C)c1. The average Bonchev–Trinajstić information content (AvgIpc) is 3.23. The molecule has 174 valence electrons. The lowest BCUT2D eigenvalue weighted by atomic mass is 10.1.